The topological polar surface area (TPSA) is 73.2 Å². The number of rotatable bonds is 8. The number of nitrogens with zero attached hydrogens (tertiary/aromatic N) is 2. The highest BCUT2D eigenvalue weighted by molar-refractivity contribution is 7.89. The first kappa shape index (κ1) is 25.7. The second-order valence-electron chi connectivity index (χ2n) is 8.17. The molecule has 34 heavy (non-hydrogen) atoms. The van der Waals surface area contributed by atoms with E-state index in [4.69, 9.17) is 4.74 Å². The molecule has 6 nitrogen and oxygen atoms in total. The van der Waals surface area contributed by atoms with Gasteiger partial charge in [-0.15, -0.1) is 0 Å². The summed E-state index contributed by atoms with van der Waals surface area (Å²) in [4.78, 5) is 0. The molecule has 0 unspecified atom stereocenters. The second-order valence-corrected chi connectivity index (χ2v) is 10.2. The number of aryl methyl sites for hydroxylation is 1. The first-order valence-electron chi connectivity index (χ1n) is 10.5. The normalized spacial score (nSPS) is 12.7. The molecule has 184 valence electrons. The van der Waals surface area contributed by atoms with Gasteiger partial charge >= 0.3 is 6.18 Å². The standard InChI is InChI=1S/C23H25F4N3O3S/c1-5-30-21(33-19-9-7-16(8-10-19)23(25,26)27)14-20(28-30)15-11-17(13-18(24)12-15)22(3,4)29-34(31,32)6-2/h7-14,29H,5-6H2,1-4H3. The zero-order chi connectivity index (χ0) is 25.3. The van der Waals surface area contributed by atoms with Crippen molar-refractivity contribution in [2.24, 2.45) is 0 Å². The molecule has 11 heteroatoms. The van der Waals surface area contributed by atoms with Crippen LogP contribution in [0.25, 0.3) is 11.3 Å². The van der Waals surface area contributed by atoms with Crippen LogP contribution >= 0.6 is 0 Å². The molecular formula is C23H25F4N3O3S. The first-order chi connectivity index (χ1) is 15.7. The van der Waals surface area contributed by atoms with Crippen LogP contribution in [-0.4, -0.2) is 24.0 Å². The van der Waals surface area contributed by atoms with Crippen molar-refractivity contribution in [1.29, 1.82) is 0 Å². The second kappa shape index (κ2) is 9.38. The molecule has 0 aliphatic heterocycles. The fourth-order valence-corrected chi connectivity index (χ4v) is 4.34. The molecule has 1 N–H and O–H groups in total. The number of halogens is 4. The summed E-state index contributed by atoms with van der Waals surface area (Å²) >= 11 is 0. The largest absolute Gasteiger partial charge is 0.439 e. The molecule has 0 amide bonds. The van der Waals surface area contributed by atoms with Gasteiger partial charge in [0, 0.05) is 18.2 Å². The van der Waals surface area contributed by atoms with Crippen LogP contribution in [0.3, 0.4) is 0 Å². The van der Waals surface area contributed by atoms with Gasteiger partial charge in [0.2, 0.25) is 15.9 Å². The molecule has 2 aromatic carbocycles. The highest BCUT2D eigenvalue weighted by Crippen LogP contribution is 2.33. The highest BCUT2D eigenvalue weighted by Gasteiger charge is 2.30. The van der Waals surface area contributed by atoms with Crippen molar-refractivity contribution in [2.75, 3.05) is 5.75 Å². The van der Waals surface area contributed by atoms with Gasteiger partial charge in [-0.2, -0.15) is 18.3 Å². The Hall–Kier alpha value is -2.92. The smallest absolute Gasteiger partial charge is 0.416 e. The molecule has 0 saturated heterocycles. The Bertz CT molecular complexity index is 1270. The van der Waals surface area contributed by atoms with Crippen LogP contribution in [0.15, 0.2) is 48.5 Å². The number of aromatic nitrogens is 2. The van der Waals surface area contributed by atoms with Gasteiger partial charge in [-0.05, 0) is 75.7 Å². The number of sulfonamides is 1. The average molecular weight is 500 g/mol. The maximum atomic E-state index is 14.5. The number of benzene rings is 2. The third-order valence-electron chi connectivity index (χ3n) is 5.15. The molecule has 0 spiro atoms. The lowest BCUT2D eigenvalue weighted by molar-refractivity contribution is -0.137. The van der Waals surface area contributed by atoms with Crippen LogP contribution in [-0.2, 0) is 28.3 Å². The van der Waals surface area contributed by atoms with Crippen LogP contribution in [0.1, 0.15) is 38.8 Å². The van der Waals surface area contributed by atoms with Crippen LogP contribution < -0.4 is 9.46 Å². The van der Waals surface area contributed by atoms with E-state index in [1.807, 2.05) is 0 Å². The van der Waals surface area contributed by atoms with E-state index >= 15 is 0 Å². The molecule has 0 atom stereocenters. The van der Waals surface area contributed by atoms with Crippen molar-refractivity contribution in [3.63, 3.8) is 0 Å². The summed E-state index contributed by atoms with van der Waals surface area (Å²) in [5.41, 5.74) is -0.728. The van der Waals surface area contributed by atoms with E-state index in [2.05, 4.69) is 9.82 Å². The SMILES string of the molecule is CCn1nc(-c2cc(F)cc(C(C)(C)NS(=O)(=O)CC)c2)cc1Oc1ccc(C(F)(F)F)cc1. The molecule has 0 fully saturated rings. The molecule has 3 aromatic rings. The fraction of sp³-hybridized carbons (Fsp3) is 0.348. The lowest BCUT2D eigenvalue weighted by atomic mass is 9.93. The van der Waals surface area contributed by atoms with E-state index in [0.29, 0.717) is 23.4 Å². The molecule has 1 aromatic heterocycles. The van der Waals surface area contributed by atoms with Crippen LogP contribution in [0.5, 0.6) is 11.6 Å². The van der Waals surface area contributed by atoms with E-state index < -0.39 is 33.1 Å². The van der Waals surface area contributed by atoms with E-state index in [0.717, 1.165) is 12.1 Å². The fourth-order valence-electron chi connectivity index (χ4n) is 3.30. The summed E-state index contributed by atoms with van der Waals surface area (Å²) in [7, 11) is -3.55. The van der Waals surface area contributed by atoms with Gasteiger partial charge in [0.05, 0.1) is 22.5 Å². The predicted molar refractivity (Wildman–Crippen MR) is 120 cm³/mol. The van der Waals surface area contributed by atoms with E-state index in [9.17, 15) is 26.0 Å². The minimum Gasteiger partial charge on any atom is -0.439 e. The van der Waals surface area contributed by atoms with Crippen LogP contribution in [0.2, 0.25) is 0 Å². The number of alkyl halides is 3. The Balaban J connectivity index is 1.94. The minimum absolute atomic E-state index is 0.121. The van der Waals surface area contributed by atoms with Crippen LogP contribution in [0, 0.1) is 5.82 Å². The third kappa shape index (κ3) is 5.95. The van der Waals surface area contributed by atoms with Gasteiger partial charge in [0.1, 0.15) is 11.6 Å². The molecule has 3 rings (SSSR count). The summed E-state index contributed by atoms with van der Waals surface area (Å²) < 4.78 is 86.8. The van der Waals surface area contributed by atoms with Crippen molar-refractivity contribution in [3.8, 4) is 22.9 Å². The van der Waals surface area contributed by atoms with Crippen molar-refractivity contribution >= 4 is 10.0 Å². The van der Waals surface area contributed by atoms with Gasteiger partial charge in [-0.1, -0.05) is 0 Å². The molecule has 0 aliphatic rings. The Kier molecular flexibility index (Phi) is 7.09. The zero-order valence-electron chi connectivity index (χ0n) is 19.1. The van der Waals surface area contributed by atoms with E-state index in [-0.39, 0.29) is 17.4 Å². The lowest BCUT2D eigenvalue weighted by Crippen LogP contribution is -2.41. The minimum atomic E-state index is -4.45. The summed E-state index contributed by atoms with van der Waals surface area (Å²) in [6.45, 7) is 6.95. The van der Waals surface area contributed by atoms with Gasteiger partial charge in [0.15, 0.2) is 0 Å². The molecule has 0 bridgehead atoms. The zero-order valence-corrected chi connectivity index (χ0v) is 19.9. The number of hydrogen-bond acceptors (Lipinski definition) is 4. The van der Waals surface area contributed by atoms with Crippen molar-refractivity contribution < 1.29 is 30.7 Å². The number of ether oxygens (including phenoxy) is 1. The predicted octanol–water partition coefficient (Wildman–Crippen LogP) is 5.69. The molecule has 0 saturated carbocycles. The molecule has 1 heterocycles. The Morgan fingerprint density at radius 1 is 1.00 bits per heavy atom. The van der Waals surface area contributed by atoms with Gasteiger partial charge in [-0.25, -0.2) is 22.2 Å². The lowest BCUT2D eigenvalue weighted by Gasteiger charge is -2.26. The maximum absolute atomic E-state index is 14.5. The van der Waals surface area contributed by atoms with Crippen molar-refractivity contribution in [3.05, 3.63) is 65.5 Å². The highest BCUT2D eigenvalue weighted by atomic mass is 32.2. The maximum Gasteiger partial charge on any atom is 0.416 e. The Morgan fingerprint density at radius 2 is 1.65 bits per heavy atom. The Labute approximate surface area is 195 Å². The van der Waals surface area contributed by atoms with Gasteiger partial charge < -0.3 is 4.74 Å². The average Bonchev–Trinajstić information content (AvgIpc) is 3.15. The van der Waals surface area contributed by atoms with Crippen LogP contribution in [0.4, 0.5) is 17.6 Å². The Morgan fingerprint density at radius 3 is 2.21 bits per heavy atom. The third-order valence-corrected chi connectivity index (χ3v) is 6.73. The molecule has 0 radical (unpaired) electrons. The quantitative estimate of drug-likeness (QED) is 0.404. The summed E-state index contributed by atoms with van der Waals surface area (Å²) in [6.07, 6.45) is -4.45. The first-order valence-corrected chi connectivity index (χ1v) is 12.2. The van der Waals surface area contributed by atoms with E-state index in [1.54, 1.807) is 32.9 Å². The monoisotopic (exact) mass is 499 g/mol. The van der Waals surface area contributed by atoms with Crippen molar-refractivity contribution in [2.45, 2.75) is 46.0 Å². The van der Waals surface area contributed by atoms with E-state index in [1.165, 1.54) is 35.9 Å². The summed E-state index contributed by atoms with van der Waals surface area (Å²) in [5.74, 6) is -0.254. The summed E-state index contributed by atoms with van der Waals surface area (Å²) in [6, 6.07) is 9.93. The van der Waals surface area contributed by atoms with Gasteiger partial charge in [-0.3, -0.25) is 0 Å². The van der Waals surface area contributed by atoms with Crippen molar-refractivity contribution in [1.82, 2.24) is 14.5 Å². The number of hydrogen-bond donors (Lipinski definition) is 1. The number of nitrogens with one attached hydrogen (secondary N) is 1. The molecule has 0 aliphatic carbocycles. The molecular weight excluding hydrogens is 474 g/mol. The van der Waals surface area contributed by atoms with Gasteiger partial charge in [0.25, 0.3) is 0 Å². The summed E-state index contributed by atoms with van der Waals surface area (Å²) in [5, 5.41) is 4.41.